The van der Waals surface area contributed by atoms with E-state index >= 15 is 0 Å². The molecule has 1 aliphatic carbocycles. The van der Waals surface area contributed by atoms with Crippen molar-refractivity contribution in [2.45, 2.75) is 38.3 Å². The molecule has 0 aliphatic heterocycles. The second-order valence-electron chi connectivity index (χ2n) is 5.39. The molecule has 2 atom stereocenters. The zero-order valence-electron chi connectivity index (χ0n) is 12.3. The Morgan fingerprint density at radius 1 is 1.29 bits per heavy atom. The third-order valence-corrected chi connectivity index (χ3v) is 3.89. The molecular weight excluding hydrogens is 288 g/mol. The topological polar surface area (TPSA) is 64.3 Å². The first-order valence-corrected chi connectivity index (χ1v) is 7.40. The van der Waals surface area contributed by atoms with Crippen LogP contribution in [-0.4, -0.2) is 25.1 Å². The second kappa shape index (κ2) is 9.77. The van der Waals surface area contributed by atoms with Gasteiger partial charge in [0.05, 0.1) is 13.2 Å². The van der Waals surface area contributed by atoms with Crippen molar-refractivity contribution in [1.29, 1.82) is 0 Å². The van der Waals surface area contributed by atoms with Crippen molar-refractivity contribution >= 4 is 18.3 Å². The van der Waals surface area contributed by atoms with Crippen LogP contribution >= 0.6 is 12.4 Å². The molecule has 1 fully saturated rings. The van der Waals surface area contributed by atoms with Crippen LogP contribution in [0.3, 0.4) is 0 Å². The van der Waals surface area contributed by atoms with Crippen LogP contribution in [0.1, 0.15) is 31.2 Å². The van der Waals surface area contributed by atoms with Gasteiger partial charge in [-0.2, -0.15) is 0 Å². The fraction of sp³-hybridized carbons (Fsp3) is 0.562. The van der Waals surface area contributed by atoms with Crippen molar-refractivity contribution in [3.8, 4) is 0 Å². The Bertz CT molecular complexity index is 414. The molecule has 0 aromatic heterocycles. The number of hydrogen-bond donors (Lipinski definition) is 2. The maximum Gasteiger partial charge on any atom is 0.222 e. The molecule has 0 radical (unpaired) electrons. The van der Waals surface area contributed by atoms with Crippen molar-refractivity contribution in [1.82, 2.24) is 5.32 Å². The van der Waals surface area contributed by atoms with Gasteiger partial charge < -0.3 is 15.8 Å². The number of ether oxygens (including phenoxy) is 1. The van der Waals surface area contributed by atoms with Gasteiger partial charge in [0, 0.05) is 12.5 Å². The van der Waals surface area contributed by atoms with Crippen LogP contribution in [0.25, 0.3) is 0 Å². The molecular formula is C16H25ClN2O2. The van der Waals surface area contributed by atoms with Gasteiger partial charge in [0.25, 0.3) is 0 Å². The highest BCUT2D eigenvalue weighted by Crippen LogP contribution is 2.24. The Kier molecular flexibility index (Phi) is 8.35. The highest BCUT2D eigenvalue weighted by molar-refractivity contribution is 5.85. The van der Waals surface area contributed by atoms with E-state index in [1.807, 2.05) is 30.3 Å². The minimum atomic E-state index is 0. The average Bonchev–Trinajstić information content (AvgIpc) is 2.92. The van der Waals surface area contributed by atoms with Gasteiger partial charge in [-0.3, -0.25) is 4.79 Å². The summed E-state index contributed by atoms with van der Waals surface area (Å²) >= 11 is 0. The fourth-order valence-corrected chi connectivity index (χ4v) is 2.72. The third-order valence-electron chi connectivity index (χ3n) is 3.89. The van der Waals surface area contributed by atoms with Gasteiger partial charge in [0.2, 0.25) is 5.91 Å². The summed E-state index contributed by atoms with van der Waals surface area (Å²) in [5.74, 6) is 0.521. The highest BCUT2D eigenvalue weighted by Gasteiger charge is 2.26. The SMILES string of the molecule is Cl.NCC1CCCC1NC(=O)CCOCc1ccccc1. The summed E-state index contributed by atoms with van der Waals surface area (Å²) < 4.78 is 5.52. The smallest absolute Gasteiger partial charge is 0.222 e. The van der Waals surface area contributed by atoms with E-state index < -0.39 is 0 Å². The monoisotopic (exact) mass is 312 g/mol. The molecule has 5 heteroatoms. The van der Waals surface area contributed by atoms with E-state index in [1.54, 1.807) is 0 Å². The Hall–Kier alpha value is -1.10. The second-order valence-corrected chi connectivity index (χ2v) is 5.39. The van der Waals surface area contributed by atoms with Crippen LogP contribution < -0.4 is 11.1 Å². The van der Waals surface area contributed by atoms with Gasteiger partial charge in [0.1, 0.15) is 0 Å². The Morgan fingerprint density at radius 2 is 2.05 bits per heavy atom. The predicted octanol–water partition coefficient (Wildman–Crippen LogP) is 2.26. The number of carbonyl (C=O) groups excluding carboxylic acids is 1. The quantitative estimate of drug-likeness (QED) is 0.759. The third kappa shape index (κ3) is 6.04. The molecule has 3 N–H and O–H groups in total. The standard InChI is InChI=1S/C16H24N2O2.ClH/c17-11-14-7-4-8-15(14)18-16(19)9-10-20-12-13-5-2-1-3-6-13;/h1-3,5-6,14-15H,4,7-12,17H2,(H,18,19);1H. The van der Waals surface area contributed by atoms with E-state index in [2.05, 4.69) is 5.32 Å². The number of nitrogens with two attached hydrogens (primary N) is 1. The number of rotatable bonds is 7. The summed E-state index contributed by atoms with van der Waals surface area (Å²) in [6.07, 6.45) is 3.77. The molecule has 1 saturated carbocycles. The summed E-state index contributed by atoms with van der Waals surface area (Å²) in [6.45, 7) is 1.68. The maximum atomic E-state index is 11.8. The lowest BCUT2D eigenvalue weighted by molar-refractivity contribution is -0.123. The number of halogens is 1. The van der Waals surface area contributed by atoms with E-state index in [0.717, 1.165) is 24.8 Å². The summed E-state index contributed by atoms with van der Waals surface area (Å²) in [5, 5.41) is 3.08. The van der Waals surface area contributed by atoms with E-state index in [1.165, 1.54) is 0 Å². The number of hydrogen-bond acceptors (Lipinski definition) is 3. The Morgan fingerprint density at radius 3 is 2.76 bits per heavy atom. The van der Waals surface area contributed by atoms with E-state index in [-0.39, 0.29) is 24.4 Å². The summed E-state index contributed by atoms with van der Waals surface area (Å²) in [7, 11) is 0. The molecule has 118 valence electrons. The fourth-order valence-electron chi connectivity index (χ4n) is 2.72. The Labute approximate surface area is 132 Å². The number of amides is 1. The van der Waals surface area contributed by atoms with E-state index in [4.69, 9.17) is 10.5 Å². The predicted molar refractivity (Wildman–Crippen MR) is 86.3 cm³/mol. The van der Waals surface area contributed by atoms with Crippen molar-refractivity contribution in [3.63, 3.8) is 0 Å². The van der Waals surface area contributed by atoms with Crippen LogP contribution in [0.2, 0.25) is 0 Å². The zero-order valence-corrected chi connectivity index (χ0v) is 13.1. The molecule has 1 aromatic carbocycles. The minimum absolute atomic E-state index is 0. The maximum absolute atomic E-state index is 11.8. The van der Waals surface area contributed by atoms with Crippen molar-refractivity contribution in [2.24, 2.45) is 11.7 Å². The molecule has 1 aromatic rings. The molecule has 21 heavy (non-hydrogen) atoms. The lowest BCUT2D eigenvalue weighted by Crippen LogP contribution is -2.40. The molecule has 0 saturated heterocycles. The van der Waals surface area contributed by atoms with Crippen molar-refractivity contribution in [3.05, 3.63) is 35.9 Å². The highest BCUT2D eigenvalue weighted by atomic mass is 35.5. The molecule has 1 amide bonds. The first-order chi connectivity index (χ1) is 9.79. The zero-order chi connectivity index (χ0) is 14.2. The first-order valence-electron chi connectivity index (χ1n) is 7.40. The lowest BCUT2D eigenvalue weighted by atomic mass is 10.0. The van der Waals surface area contributed by atoms with Crippen LogP contribution in [0.15, 0.2) is 30.3 Å². The van der Waals surface area contributed by atoms with Crippen LogP contribution in [0, 0.1) is 5.92 Å². The summed E-state index contributed by atoms with van der Waals surface area (Å²) in [5.41, 5.74) is 6.84. The molecule has 2 rings (SSSR count). The lowest BCUT2D eigenvalue weighted by Gasteiger charge is -2.19. The largest absolute Gasteiger partial charge is 0.376 e. The van der Waals surface area contributed by atoms with Crippen molar-refractivity contribution < 1.29 is 9.53 Å². The van der Waals surface area contributed by atoms with Crippen LogP contribution in [-0.2, 0) is 16.1 Å². The van der Waals surface area contributed by atoms with Gasteiger partial charge in [-0.05, 0) is 30.9 Å². The van der Waals surface area contributed by atoms with E-state index in [9.17, 15) is 4.79 Å². The van der Waals surface area contributed by atoms with Crippen LogP contribution in [0.4, 0.5) is 0 Å². The average molecular weight is 313 g/mol. The number of nitrogens with one attached hydrogen (secondary N) is 1. The number of carbonyl (C=O) groups is 1. The molecule has 1 aliphatic rings. The van der Waals surface area contributed by atoms with Crippen LogP contribution in [0.5, 0.6) is 0 Å². The minimum Gasteiger partial charge on any atom is -0.376 e. The van der Waals surface area contributed by atoms with Gasteiger partial charge in [-0.15, -0.1) is 12.4 Å². The van der Waals surface area contributed by atoms with Gasteiger partial charge >= 0.3 is 0 Å². The van der Waals surface area contributed by atoms with Gasteiger partial charge in [0.15, 0.2) is 0 Å². The van der Waals surface area contributed by atoms with Gasteiger partial charge in [-0.25, -0.2) is 0 Å². The molecule has 4 nitrogen and oxygen atoms in total. The number of benzene rings is 1. The molecule has 0 heterocycles. The first kappa shape index (κ1) is 18.0. The Balaban J connectivity index is 0.00000220. The summed E-state index contributed by atoms with van der Waals surface area (Å²) in [6, 6.07) is 10.2. The summed E-state index contributed by atoms with van der Waals surface area (Å²) in [4.78, 5) is 11.8. The normalized spacial score (nSPS) is 20.8. The molecule has 0 spiro atoms. The molecule has 0 bridgehead atoms. The molecule has 2 unspecified atom stereocenters. The van der Waals surface area contributed by atoms with Gasteiger partial charge in [-0.1, -0.05) is 36.8 Å². The van der Waals surface area contributed by atoms with E-state index in [0.29, 0.717) is 32.1 Å². The van der Waals surface area contributed by atoms with Crippen molar-refractivity contribution in [2.75, 3.05) is 13.2 Å².